The molecule has 1 amide bonds. The van der Waals surface area contributed by atoms with Gasteiger partial charge in [0.15, 0.2) is 0 Å². The summed E-state index contributed by atoms with van der Waals surface area (Å²) >= 11 is 0. The summed E-state index contributed by atoms with van der Waals surface area (Å²) in [5, 5.41) is 4.88. The highest BCUT2D eigenvalue weighted by molar-refractivity contribution is 5.94. The lowest BCUT2D eigenvalue weighted by Crippen LogP contribution is -2.29. The van der Waals surface area contributed by atoms with E-state index in [1.807, 2.05) is 23.7 Å². The third kappa shape index (κ3) is 3.68. The number of imidazole rings is 1. The number of aryl methyl sites for hydroxylation is 1. The molecule has 1 saturated carbocycles. The summed E-state index contributed by atoms with van der Waals surface area (Å²) in [6.07, 6.45) is 10.9. The molecule has 0 atom stereocenters. The van der Waals surface area contributed by atoms with Gasteiger partial charge in [-0.25, -0.2) is 9.97 Å². The predicted octanol–water partition coefficient (Wildman–Crippen LogP) is 3.17. The van der Waals surface area contributed by atoms with Crippen molar-refractivity contribution in [2.75, 3.05) is 12.4 Å². The second-order valence-corrected chi connectivity index (χ2v) is 7.07. The molecule has 0 unspecified atom stereocenters. The van der Waals surface area contributed by atoms with E-state index in [9.17, 15) is 4.79 Å². The second kappa shape index (κ2) is 7.44. The average molecular weight is 365 g/mol. The van der Waals surface area contributed by atoms with Gasteiger partial charge in [0.1, 0.15) is 5.82 Å². The van der Waals surface area contributed by atoms with Crippen molar-refractivity contribution in [3.8, 4) is 11.4 Å². The maximum Gasteiger partial charge on any atom is 0.228 e. The van der Waals surface area contributed by atoms with Gasteiger partial charge in [0.25, 0.3) is 0 Å². The SMILES string of the molecule is CO[C@H]1CC[C@H](C(=O)Nc2cc3cc(-c4cncn4C)ncc3cn2)CC1. The zero-order chi connectivity index (χ0) is 18.8. The third-order valence-corrected chi connectivity index (χ3v) is 5.31. The van der Waals surface area contributed by atoms with Crippen molar-refractivity contribution < 1.29 is 9.53 Å². The van der Waals surface area contributed by atoms with Crippen molar-refractivity contribution in [3.63, 3.8) is 0 Å². The topological polar surface area (TPSA) is 81.9 Å². The van der Waals surface area contributed by atoms with Crippen LogP contribution in [0.2, 0.25) is 0 Å². The van der Waals surface area contributed by atoms with Gasteiger partial charge in [-0.1, -0.05) is 0 Å². The Balaban J connectivity index is 1.52. The van der Waals surface area contributed by atoms with Crippen LogP contribution in [0.4, 0.5) is 5.82 Å². The molecule has 1 aliphatic carbocycles. The smallest absolute Gasteiger partial charge is 0.228 e. The van der Waals surface area contributed by atoms with Crippen LogP contribution in [0.3, 0.4) is 0 Å². The van der Waals surface area contributed by atoms with Crippen molar-refractivity contribution in [1.82, 2.24) is 19.5 Å². The summed E-state index contributed by atoms with van der Waals surface area (Å²) in [4.78, 5) is 25.6. The van der Waals surface area contributed by atoms with Gasteiger partial charge in [-0.05, 0) is 43.2 Å². The summed E-state index contributed by atoms with van der Waals surface area (Å²) in [7, 11) is 3.67. The van der Waals surface area contributed by atoms with Crippen LogP contribution in [0.5, 0.6) is 0 Å². The number of fused-ring (bicyclic) bond motifs is 1. The lowest BCUT2D eigenvalue weighted by Gasteiger charge is -2.26. The molecule has 3 aromatic heterocycles. The Morgan fingerprint density at radius 2 is 1.89 bits per heavy atom. The maximum absolute atomic E-state index is 12.6. The summed E-state index contributed by atoms with van der Waals surface area (Å²) < 4.78 is 7.30. The van der Waals surface area contributed by atoms with Gasteiger partial charge in [-0.3, -0.25) is 9.78 Å². The maximum atomic E-state index is 12.6. The Kier molecular flexibility index (Phi) is 4.85. The number of carbonyl (C=O) groups excluding carboxylic acids is 1. The van der Waals surface area contributed by atoms with E-state index in [1.165, 1.54) is 0 Å². The quantitative estimate of drug-likeness (QED) is 0.768. The highest BCUT2D eigenvalue weighted by Crippen LogP contribution is 2.27. The number of methoxy groups -OCH3 is 1. The molecule has 3 heterocycles. The molecule has 0 radical (unpaired) electrons. The Hall–Kier alpha value is -2.80. The standard InChI is InChI=1S/C20H23N5O2/c1-25-12-21-11-18(25)17-7-14-8-19(23-10-15(14)9-22-17)24-20(26)13-3-5-16(27-2)6-4-13/h7-13,16H,3-6H2,1-2H3,(H,23,24,26)/t13-,16-. The van der Waals surface area contributed by atoms with Gasteiger partial charge >= 0.3 is 0 Å². The number of rotatable bonds is 4. The molecular weight excluding hydrogens is 342 g/mol. The summed E-state index contributed by atoms with van der Waals surface area (Å²) in [6, 6.07) is 3.89. The molecule has 0 bridgehead atoms. The van der Waals surface area contributed by atoms with Crippen molar-refractivity contribution >= 4 is 22.5 Å². The number of aromatic nitrogens is 4. The number of carbonyl (C=O) groups is 1. The molecule has 0 saturated heterocycles. The van der Waals surface area contributed by atoms with Gasteiger partial charge in [0.05, 0.1) is 30.0 Å². The molecule has 27 heavy (non-hydrogen) atoms. The van der Waals surface area contributed by atoms with E-state index in [-0.39, 0.29) is 17.9 Å². The minimum absolute atomic E-state index is 0.0244. The van der Waals surface area contributed by atoms with Crippen LogP contribution in [0.15, 0.2) is 37.1 Å². The van der Waals surface area contributed by atoms with E-state index in [1.54, 1.807) is 32.0 Å². The number of nitrogens with zero attached hydrogens (tertiary/aromatic N) is 4. The molecule has 0 spiro atoms. The van der Waals surface area contributed by atoms with E-state index >= 15 is 0 Å². The minimum Gasteiger partial charge on any atom is -0.381 e. The van der Waals surface area contributed by atoms with Crippen LogP contribution in [0.1, 0.15) is 25.7 Å². The number of amides is 1. The fourth-order valence-electron chi connectivity index (χ4n) is 3.64. The number of hydrogen-bond donors (Lipinski definition) is 1. The van der Waals surface area contributed by atoms with Crippen molar-refractivity contribution in [3.05, 3.63) is 37.1 Å². The van der Waals surface area contributed by atoms with Gasteiger partial charge < -0.3 is 14.6 Å². The summed E-state index contributed by atoms with van der Waals surface area (Å²) in [6.45, 7) is 0. The van der Waals surface area contributed by atoms with Crippen molar-refractivity contribution in [2.45, 2.75) is 31.8 Å². The number of nitrogens with one attached hydrogen (secondary N) is 1. The Bertz CT molecular complexity index is 960. The Labute approximate surface area is 157 Å². The van der Waals surface area contributed by atoms with Crippen LogP contribution >= 0.6 is 0 Å². The van der Waals surface area contributed by atoms with Crippen LogP contribution < -0.4 is 5.32 Å². The lowest BCUT2D eigenvalue weighted by atomic mass is 9.87. The molecule has 3 aromatic rings. The molecule has 1 aliphatic rings. The Morgan fingerprint density at radius 1 is 1.11 bits per heavy atom. The molecule has 0 aliphatic heterocycles. The monoisotopic (exact) mass is 365 g/mol. The molecule has 0 aromatic carbocycles. The predicted molar refractivity (Wildman–Crippen MR) is 103 cm³/mol. The van der Waals surface area contributed by atoms with Gasteiger partial charge in [-0.15, -0.1) is 0 Å². The first-order chi connectivity index (χ1) is 13.1. The lowest BCUT2D eigenvalue weighted by molar-refractivity contribution is -0.121. The molecule has 1 N–H and O–H groups in total. The van der Waals surface area contributed by atoms with E-state index in [0.29, 0.717) is 5.82 Å². The zero-order valence-electron chi connectivity index (χ0n) is 15.6. The Morgan fingerprint density at radius 3 is 2.59 bits per heavy atom. The molecule has 7 nitrogen and oxygen atoms in total. The van der Waals surface area contributed by atoms with Gasteiger partial charge in [-0.2, -0.15) is 0 Å². The van der Waals surface area contributed by atoms with Crippen LogP contribution in [0.25, 0.3) is 22.2 Å². The fraction of sp³-hybridized carbons (Fsp3) is 0.400. The second-order valence-electron chi connectivity index (χ2n) is 7.07. The van der Waals surface area contributed by atoms with E-state index < -0.39 is 0 Å². The number of hydrogen-bond acceptors (Lipinski definition) is 5. The van der Waals surface area contributed by atoms with Crippen molar-refractivity contribution in [2.24, 2.45) is 13.0 Å². The van der Waals surface area contributed by atoms with Crippen molar-refractivity contribution in [1.29, 1.82) is 0 Å². The van der Waals surface area contributed by atoms with Crippen LogP contribution in [-0.2, 0) is 16.6 Å². The number of ether oxygens (including phenoxy) is 1. The first-order valence-electron chi connectivity index (χ1n) is 9.20. The number of pyridine rings is 2. The molecule has 4 rings (SSSR count). The average Bonchev–Trinajstić information content (AvgIpc) is 3.13. The largest absolute Gasteiger partial charge is 0.381 e. The normalized spacial score (nSPS) is 19.9. The molecular formula is C20H23N5O2. The summed E-state index contributed by atoms with van der Waals surface area (Å²) in [5.41, 5.74) is 1.78. The van der Waals surface area contributed by atoms with E-state index in [2.05, 4.69) is 20.3 Å². The fourth-order valence-corrected chi connectivity index (χ4v) is 3.64. The molecule has 140 valence electrons. The van der Waals surface area contributed by atoms with Gasteiger partial charge in [0, 0.05) is 37.9 Å². The highest BCUT2D eigenvalue weighted by Gasteiger charge is 2.26. The summed E-state index contributed by atoms with van der Waals surface area (Å²) in [5.74, 6) is 0.636. The van der Waals surface area contributed by atoms with E-state index in [0.717, 1.165) is 47.8 Å². The molecule has 1 fully saturated rings. The number of anilines is 1. The highest BCUT2D eigenvalue weighted by atomic mass is 16.5. The van der Waals surface area contributed by atoms with Gasteiger partial charge in [0.2, 0.25) is 5.91 Å². The first-order valence-corrected chi connectivity index (χ1v) is 9.20. The first kappa shape index (κ1) is 17.6. The minimum atomic E-state index is 0.0244. The van der Waals surface area contributed by atoms with Crippen LogP contribution in [-0.4, -0.2) is 38.6 Å². The molecule has 7 heteroatoms. The van der Waals surface area contributed by atoms with E-state index in [4.69, 9.17) is 4.74 Å². The van der Waals surface area contributed by atoms with Crippen LogP contribution in [0, 0.1) is 5.92 Å². The zero-order valence-corrected chi connectivity index (χ0v) is 15.6. The third-order valence-electron chi connectivity index (χ3n) is 5.31.